The van der Waals surface area contributed by atoms with Gasteiger partial charge in [0.25, 0.3) is 5.91 Å². The molecular weight excluding hydrogens is 268 g/mol. The lowest BCUT2D eigenvalue weighted by Crippen LogP contribution is -2.44. The first-order chi connectivity index (χ1) is 10.2. The zero-order valence-corrected chi connectivity index (χ0v) is 12.2. The minimum atomic E-state index is -0.783. The molecule has 0 bridgehead atoms. The third kappa shape index (κ3) is 3.12. The smallest absolute Gasteiger partial charge is 0.303 e. The minimum absolute atomic E-state index is 0.0713. The summed E-state index contributed by atoms with van der Waals surface area (Å²) in [6.45, 7) is 0.749. The number of aliphatic carboxylic acids is 1. The summed E-state index contributed by atoms with van der Waals surface area (Å²) in [5, 5.41) is 8.87. The SMILES string of the molecule is O=C(O)CCC1CCCCN1C(=O)c1cccn1C1CC1. The molecule has 1 saturated heterocycles. The van der Waals surface area contributed by atoms with E-state index >= 15 is 0 Å². The maximum absolute atomic E-state index is 12.8. The molecule has 0 radical (unpaired) electrons. The van der Waals surface area contributed by atoms with Gasteiger partial charge in [-0.05, 0) is 50.7 Å². The maximum atomic E-state index is 12.8. The number of aromatic nitrogens is 1. The summed E-state index contributed by atoms with van der Waals surface area (Å²) in [6, 6.07) is 4.39. The van der Waals surface area contributed by atoms with Gasteiger partial charge in [-0.2, -0.15) is 0 Å². The molecule has 2 fully saturated rings. The van der Waals surface area contributed by atoms with Gasteiger partial charge in [0.2, 0.25) is 0 Å². The summed E-state index contributed by atoms with van der Waals surface area (Å²) in [5.74, 6) is -0.712. The molecule has 2 heterocycles. The van der Waals surface area contributed by atoms with E-state index in [4.69, 9.17) is 5.11 Å². The third-order valence-electron chi connectivity index (χ3n) is 4.52. The first-order valence-corrected chi connectivity index (χ1v) is 7.86. The molecule has 1 aliphatic heterocycles. The highest BCUT2D eigenvalue weighted by Gasteiger charge is 2.32. The summed E-state index contributed by atoms with van der Waals surface area (Å²) in [5.41, 5.74) is 0.764. The van der Waals surface area contributed by atoms with Crippen LogP contribution in [0.2, 0.25) is 0 Å². The van der Waals surface area contributed by atoms with Crippen LogP contribution < -0.4 is 0 Å². The Morgan fingerprint density at radius 1 is 1.24 bits per heavy atom. The molecule has 1 unspecified atom stereocenters. The fourth-order valence-corrected chi connectivity index (χ4v) is 3.25. The van der Waals surface area contributed by atoms with Crippen LogP contribution >= 0.6 is 0 Å². The van der Waals surface area contributed by atoms with E-state index in [1.807, 2.05) is 23.2 Å². The Balaban J connectivity index is 1.74. The number of nitrogens with zero attached hydrogens (tertiary/aromatic N) is 2. The molecule has 114 valence electrons. The van der Waals surface area contributed by atoms with E-state index < -0.39 is 5.97 Å². The number of carboxylic acid groups (broad SMARTS) is 1. The van der Waals surface area contributed by atoms with Crippen molar-refractivity contribution in [2.24, 2.45) is 0 Å². The predicted octanol–water partition coefficient (Wildman–Crippen LogP) is 2.68. The van der Waals surface area contributed by atoms with Crippen LogP contribution in [0.5, 0.6) is 0 Å². The van der Waals surface area contributed by atoms with Crippen LogP contribution in [0, 0.1) is 0 Å². The number of piperidine rings is 1. The predicted molar refractivity (Wildman–Crippen MR) is 78.2 cm³/mol. The van der Waals surface area contributed by atoms with Gasteiger partial charge >= 0.3 is 5.97 Å². The Morgan fingerprint density at radius 2 is 2.05 bits per heavy atom. The lowest BCUT2D eigenvalue weighted by molar-refractivity contribution is -0.137. The molecule has 5 heteroatoms. The summed E-state index contributed by atoms with van der Waals surface area (Å²) < 4.78 is 2.09. The van der Waals surface area contributed by atoms with Crippen LogP contribution in [0.15, 0.2) is 18.3 Å². The molecule has 1 aromatic heterocycles. The number of rotatable bonds is 5. The molecule has 1 aromatic rings. The summed E-state index contributed by atoms with van der Waals surface area (Å²) >= 11 is 0. The van der Waals surface area contributed by atoms with Crippen molar-refractivity contribution in [3.05, 3.63) is 24.0 Å². The number of hydrogen-bond acceptors (Lipinski definition) is 2. The molecule has 1 N–H and O–H groups in total. The molecule has 21 heavy (non-hydrogen) atoms. The standard InChI is InChI=1S/C16H22N2O3/c19-15(20)9-8-12-4-1-2-10-18(12)16(21)14-5-3-11-17(14)13-6-7-13/h3,5,11-13H,1-2,4,6-10H2,(H,19,20). The van der Waals surface area contributed by atoms with Gasteiger partial charge in [-0.1, -0.05) is 0 Å². The fraction of sp³-hybridized carbons (Fsp3) is 0.625. The van der Waals surface area contributed by atoms with Crippen molar-refractivity contribution in [3.63, 3.8) is 0 Å². The number of carbonyl (C=O) groups is 2. The van der Waals surface area contributed by atoms with E-state index in [-0.39, 0.29) is 18.4 Å². The molecule has 1 aliphatic carbocycles. The number of hydrogen-bond donors (Lipinski definition) is 1. The molecule has 0 aromatic carbocycles. The average molecular weight is 290 g/mol. The van der Waals surface area contributed by atoms with Gasteiger partial charge in [0.1, 0.15) is 5.69 Å². The Kier molecular flexibility index (Phi) is 3.99. The summed E-state index contributed by atoms with van der Waals surface area (Å²) in [7, 11) is 0. The second-order valence-electron chi connectivity index (χ2n) is 6.11. The minimum Gasteiger partial charge on any atom is -0.481 e. The molecule has 1 atom stereocenters. The topological polar surface area (TPSA) is 62.5 Å². The number of carboxylic acids is 1. The van der Waals surface area contributed by atoms with Gasteiger partial charge in [0.05, 0.1) is 0 Å². The Bertz CT molecular complexity index is 533. The van der Waals surface area contributed by atoms with Gasteiger partial charge in [-0.3, -0.25) is 9.59 Å². The highest BCUT2D eigenvalue weighted by Crippen LogP contribution is 2.36. The van der Waals surface area contributed by atoms with Gasteiger partial charge in [-0.25, -0.2) is 0 Å². The van der Waals surface area contributed by atoms with Crippen molar-refractivity contribution in [1.82, 2.24) is 9.47 Å². The lowest BCUT2D eigenvalue weighted by Gasteiger charge is -2.36. The number of likely N-dealkylation sites (tertiary alicyclic amines) is 1. The number of amides is 1. The second kappa shape index (κ2) is 5.92. The van der Waals surface area contributed by atoms with E-state index in [0.29, 0.717) is 12.5 Å². The zero-order valence-electron chi connectivity index (χ0n) is 12.2. The molecule has 2 aliphatic rings. The highest BCUT2D eigenvalue weighted by atomic mass is 16.4. The van der Waals surface area contributed by atoms with Crippen molar-refractivity contribution in [2.45, 2.75) is 57.0 Å². The van der Waals surface area contributed by atoms with Crippen LogP contribution in [0.1, 0.15) is 61.5 Å². The van der Waals surface area contributed by atoms with Gasteiger partial charge < -0.3 is 14.6 Å². The monoisotopic (exact) mass is 290 g/mol. The van der Waals surface area contributed by atoms with E-state index in [2.05, 4.69) is 4.57 Å². The first-order valence-electron chi connectivity index (χ1n) is 7.86. The second-order valence-corrected chi connectivity index (χ2v) is 6.11. The molecule has 1 amide bonds. The summed E-state index contributed by atoms with van der Waals surface area (Å²) in [6.07, 6.45) is 8.00. The van der Waals surface area contributed by atoms with Gasteiger partial charge in [-0.15, -0.1) is 0 Å². The van der Waals surface area contributed by atoms with Crippen molar-refractivity contribution in [3.8, 4) is 0 Å². The normalized spacial score (nSPS) is 22.3. The van der Waals surface area contributed by atoms with Crippen molar-refractivity contribution >= 4 is 11.9 Å². The average Bonchev–Trinajstić information content (AvgIpc) is 3.22. The fourth-order valence-electron chi connectivity index (χ4n) is 3.25. The van der Waals surface area contributed by atoms with Crippen molar-refractivity contribution < 1.29 is 14.7 Å². The van der Waals surface area contributed by atoms with Crippen LogP contribution in [0.25, 0.3) is 0 Å². The highest BCUT2D eigenvalue weighted by molar-refractivity contribution is 5.93. The molecular formula is C16H22N2O3. The summed E-state index contributed by atoms with van der Waals surface area (Å²) in [4.78, 5) is 25.5. The van der Waals surface area contributed by atoms with Gasteiger partial charge in [0.15, 0.2) is 0 Å². The van der Waals surface area contributed by atoms with Gasteiger partial charge in [0, 0.05) is 31.2 Å². The van der Waals surface area contributed by atoms with E-state index in [1.54, 1.807) is 0 Å². The van der Waals surface area contributed by atoms with Crippen LogP contribution in [-0.2, 0) is 4.79 Å². The quantitative estimate of drug-likeness (QED) is 0.907. The largest absolute Gasteiger partial charge is 0.481 e. The maximum Gasteiger partial charge on any atom is 0.303 e. The van der Waals surface area contributed by atoms with Crippen molar-refractivity contribution in [1.29, 1.82) is 0 Å². The van der Waals surface area contributed by atoms with E-state index in [9.17, 15) is 9.59 Å². The Morgan fingerprint density at radius 3 is 2.76 bits per heavy atom. The van der Waals surface area contributed by atoms with Crippen molar-refractivity contribution in [2.75, 3.05) is 6.54 Å². The first kappa shape index (κ1) is 14.2. The molecule has 0 spiro atoms. The molecule has 5 nitrogen and oxygen atoms in total. The lowest BCUT2D eigenvalue weighted by atomic mass is 9.97. The van der Waals surface area contributed by atoms with E-state index in [1.165, 1.54) is 0 Å². The third-order valence-corrected chi connectivity index (χ3v) is 4.52. The zero-order chi connectivity index (χ0) is 14.8. The van der Waals surface area contributed by atoms with Crippen LogP contribution in [0.4, 0.5) is 0 Å². The Labute approximate surface area is 124 Å². The molecule has 3 rings (SSSR count). The van der Waals surface area contributed by atoms with E-state index in [0.717, 1.165) is 44.3 Å². The Hall–Kier alpha value is -1.78. The molecule has 1 saturated carbocycles. The number of carbonyl (C=O) groups excluding carboxylic acids is 1. The van der Waals surface area contributed by atoms with Crippen LogP contribution in [0.3, 0.4) is 0 Å². The van der Waals surface area contributed by atoms with Crippen LogP contribution in [-0.4, -0.2) is 39.0 Å².